The van der Waals surface area contributed by atoms with Crippen LogP contribution in [-0.4, -0.2) is 58.2 Å². The van der Waals surface area contributed by atoms with Crippen LogP contribution in [0.15, 0.2) is 97.1 Å². The fraction of sp³-hybridized carbons (Fsp3) is 0.300. The molecule has 4 aromatic rings. The molecule has 2 aliphatic carbocycles. The molecule has 0 radical (unpaired) electrons. The van der Waals surface area contributed by atoms with E-state index in [9.17, 15) is 19.2 Å². The largest absolute Gasteiger partial charge is 0.449 e. The minimum atomic E-state index is -1.15. The van der Waals surface area contributed by atoms with E-state index in [0.29, 0.717) is 11.5 Å². The first-order chi connectivity index (χ1) is 25.0. The van der Waals surface area contributed by atoms with Crippen LogP contribution in [-0.2, 0) is 19.1 Å². The lowest BCUT2D eigenvalue weighted by Crippen LogP contribution is -2.49. The third-order valence-corrected chi connectivity index (χ3v) is 14.7. The van der Waals surface area contributed by atoms with Crippen molar-refractivity contribution in [1.29, 1.82) is 0 Å². The van der Waals surface area contributed by atoms with Crippen LogP contribution in [0.25, 0.3) is 22.3 Å². The summed E-state index contributed by atoms with van der Waals surface area (Å²) < 4.78 is 11.3. The van der Waals surface area contributed by atoms with Gasteiger partial charge in [0.15, 0.2) is 0 Å². The van der Waals surface area contributed by atoms with E-state index in [1.807, 2.05) is 48.5 Å². The Kier molecular flexibility index (Phi) is 12.0. The zero-order valence-corrected chi connectivity index (χ0v) is 32.6. The third kappa shape index (κ3) is 8.51. The van der Waals surface area contributed by atoms with E-state index in [0.717, 1.165) is 67.1 Å². The van der Waals surface area contributed by atoms with E-state index in [4.69, 9.17) is 9.47 Å². The Labute approximate surface area is 320 Å². The lowest BCUT2D eigenvalue weighted by atomic mass is 9.98. The Hall–Kier alpha value is -3.84. The molecule has 4 aromatic carbocycles. The molecule has 0 spiro atoms. The molecule has 0 aromatic heterocycles. The Balaban J connectivity index is 0.875. The van der Waals surface area contributed by atoms with Crippen molar-refractivity contribution in [3.8, 4) is 22.3 Å². The summed E-state index contributed by atoms with van der Waals surface area (Å²) in [5.41, 5.74) is 6.76. The molecule has 0 saturated heterocycles. The van der Waals surface area contributed by atoms with Crippen LogP contribution in [0.2, 0.25) is 0 Å². The second-order valence-electron chi connectivity index (χ2n) is 13.5. The fourth-order valence-electron chi connectivity index (χ4n) is 6.42. The van der Waals surface area contributed by atoms with Crippen LogP contribution in [0.1, 0.15) is 61.8 Å². The van der Waals surface area contributed by atoms with Gasteiger partial charge in [0.2, 0.25) is 10.2 Å². The van der Waals surface area contributed by atoms with Crippen molar-refractivity contribution >= 4 is 65.6 Å². The smallest absolute Gasteiger partial charge is 0.407 e. The van der Waals surface area contributed by atoms with Gasteiger partial charge in [0.05, 0.1) is 0 Å². The van der Waals surface area contributed by atoms with Crippen LogP contribution in [0.4, 0.5) is 9.59 Å². The first-order valence-electron chi connectivity index (χ1n) is 16.9. The van der Waals surface area contributed by atoms with Crippen molar-refractivity contribution in [3.05, 3.63) is 119 Å². The van der Waals surface area contributed by atoms with E-state index in [2.05, 4.69) is 59.2 Å². The lowest BCUT2D eigenvalue weighted by molar-refractivity contribution is -0.116. The number of hydrogen-bond donors (Lipinski definition) is 2. The van der Waals surface area contributed by atoms with Gasteiger partial charge in [-0.15, -0.1) is 0 Å². The van der Waals surface area contributed by atoms with Gasteiger partial charge in [-0.1, -0.05) is 120 Å². The summed E-state index contributed by atoms with van der Waals surface area (Å²) >= 11 is 1.12. The Bertz CT molecular complexity index is 1750. The summed E-state index contributed by atoms with van der Waals surface area (Å²) in [6, 6.07) is 32.5. The predicted octanol–water partition coefficient (Wildman–Crippen LogP) is 9.44. The van der Waals surface area contributed by atoms with Gasteiger partial charge in [-0.3, -0.25) is 9.59 Å². The quantitative estimate of drug-likeness (QED) is 0.101. The zero-order chi connectivity index (χ0) is 36.9. The molecular weight excluding hydrogens is 733 g/mol. The highest BCUT2D eigenvalue weighted by molar-refractivity contribution is 9.12. The maximum Gasteiger partial charge on any atom is 0.407 e. The molecule has 0 heterocycles. The van der Waals surface area contributed by atoms with Crippen LogP contribution in [0, 0.1) is 0 Å². The van der Waals surface area contributed by atoms with Gasteiger partial charge in [0.25, 0.3) is 0 Å². The summed E-state index contributed by atoms with van der Waals surface area (Å²) in [5, 5.41) is 5.02. The van der Waals surface area contributed by atoms with Gasteiger partial charge < -0.3 is 20.1 Å². The zero-order valence-electron chi connectivity index (χ0n) is 29.3. The van der Waals surface area contributed by atoms with E-state index < -0.39 is 23.3 Å². The fourth-order valence-corrected chi connectivity index (χ4v) is 11.4. The van der Waals surface area contributed by atoms with Crippen molar-refractivity contribution in [3.63, 3.8) is 0 Å². The highest BCUT2D eigenvalue weighted by atomic mass is 33.5. The molecule has 0 aliphatic heterocycles. The summed E-state index contributed by atoms with van der Waals surface area (Å²) in [5.74, 6) is 0.933. The molecule has 6 rings (SSSR count). The molecule has 2 aliphatic rings. The predicted molar refractivity (Wildman–Crippen MR) is 215 cm³/mol. The molecule has 52 heavy (non-hydrogen) atoms. The molecule has 12 heteroatoms. The monoisotopic (exact) mass is 772 g/mol. The van der Waals surface area contributed by atoms with Crippen molar-refractivity contribution in [2.75, 3.05) is 24.7 Å². The molecule has 0 atom stereocenters. The first kappa shape index (κ1) is 37.9. The van der Waals surface area contributed by atoms with Crippen molar-refractivity contribution in [1.82, 2.24) is 10.6 Å². The first-order valence-corrected chi connectivity index (χ1v) is 21.5. The molecule has 8 nitrogen and oxygen atoms in total. The number of ether oxygens (including phenoxy) is 2. The summed E-state index contributed by atoms with van der Waals surface area (Å²) in [6.07, 6.45) is -1.29. The number of thioether (sulfide) groups is 1. The standard InChI is InChI=1S/C40H40N2O6S4/c1-39(2,41-37(45)47-23-33-29-17-9-5-13-25(29)26-14-6-10-18-30(26)33)35(43)49-21-22-50-52-51-36(44)40(3,4)42-38(46)48-24-34-31-19-11-7-15-27(31)28-16-8-12-20-32(28)34/h5-20,33-34H,21-24H2,1-4H3,(H,41,45)(H,42,46). The normalized spacial score (nSPS) is 13.4. The number of hydrogen-bond acceptors (Lipinski definition) is 10. The number of amides is 2. The number of rotatable bonds is 13. The average molecular weight is 773 g/mol. The van der Waals surface area contributed by atoms with E-state index >= 15 is 0 Å². The van der Waals surface area contributed by atoms with Crippen molar-refractivity contribution < 1.29 is 28.7 Å². The minimum absolute atomic E-state index is 0.0695. The van der Waals surface area contributed by atoms with Crippen LogP contribution >= 0.6 is 43.2 Å². The van der Waals surface area contributed by atoms with Gasteiger partial charge in [-0.2, -0.15) is 0 Å². The van der Waals surface area contributed by atoms with Crippen LogP contribution in [0.3, 0.4) is 0 Å². The van der Waals surface area contributed by atoms with Crippen LogP contribution < -0.4 is 10.6 Å². The molecule has 2 N–H and O–H groups in total. The number of fused-ring (bicyclic) bond motifs is 6. The Morgan fingerprint density at radius 2 is 0.923 bits per heavy atom. The summed E-state index contributed by atoms with van der Waals surface area (Å²) in [4.78, 5) is 51.5. The van der Waals surface area contributed by atoms with Gasteiger partial charge in [-0.25, -0.2) is 9.59 Å². The van der Waals surface area contributed by atoms with Gasteiger partial charge in [0.1, 0.15) is 24.3 Å². The van der Waals surface area contributed by atoms with E-state index in [1.54, 1.807) is 27.7 Å². The van der Waals surface area contributed by atoms with Gasteiger partial charge >= 0.3 is 12.2 Å². The highest BCUT2D eigenvalue weighted by Crippen LogP contribution is 2.46. The topological polar surface area (TPSA) is 111 Å². The van der Waals surface area contributed by atoms with E-state index in [1.165, 1.54) is 20.6 Å². The van der Waals surface area contributed by atoms with Crippen molar-refractivity contribution in [2.45, 2.75) is 50.6 Å². The number of benzene rings is 4. The Morgan fingerprint density at radius 1 is 0.558 bits per heavy atom. The second kappa shape index (κ2) is 16.4. The van der Waals surface area contributed by atoms with Gasteiger partial charge in [0, 0.05) is 23.3 Å². The average Bonchev–Trinajstić information content (AvgIpc) is 3.63. The second-order valence-corrected chi connectivity index (χ2v) is 18.8. The lowest BCUT2D eigenvalue weighted by Gasteiger charge is -2.24. The molecule has 0 bridgehead atoms. The molecule has 0 saturated carbocycles. The molecule has 270 valence electrons. The molecular formula is C40H40N2O6S4. The highest BCUT2D eigenvalue weighted by Gasteiger charge is 2.35. The maximum absolute atomic E-state index is 13.0. The number of alkyl carbamates (subject to hydrolysis) is 2. The molecule has 0 unspecified atom stereocenters. The SMILES string of the molecule is CC(C)(NC(=O)OCC1c2ccccc2-c2ccccc21)C(=O)SCCSSSC(=O)C(C)(C)NC(=O)OCC1c2ccccc2-c2ccccc21. The molecule has 0 fully saturated rings. The number of carbonyl (C=O) groups is 4. The third-order valence-electron chi connectivity index (χ3n) is 9.09. The van der Waals surface area contributed by atoms with Crippen LogP contribution in [0.5, 0.6) is 0 Å². The number of carbonyl (C=O) groups excluding carboxylic acids is 4. The van der Waals surface area contributed by atoms with E-state index in [-0.39, 0.29) is 35.3 Å². The Morgan fingerprint density at radius 3 is 1.33 bits per heavy atom. The van der Waals surface area contributed by atoms with Crippen molar-refractivity contribution in [2.24, 2.45) is 0 Å². The maximum atomic E-state index is 13.0. The minimum Gasteiger partial charge on any atom is -0.449 e. The summed E-state index contributed by atoms with van der Waals surface area (Å²) in [6.45, 7) is 6.94. The van der Waals surface area contributed by atoms with Gasteiger partial charge in [-0.05, 0) is 92.8 Å². The summed E-state index contributed by atoms with van der Waals surface area (Å²) in [7, 11) is 3.76. The number of nitrogens with one attached hydrogen (secondary N) is 2. The molecule has 2 amide bonds.